The van der Waals surface area contributed by atoms with E-state index in [1.54, 1.807) is 0 Å². The topological polar surface area (TPSA) is 51.8 Å². The lowest BCUT2D eigenvalue weighted by atomic mass is 10.6. The summed E-state index contributed by atoms with van der Waals surface area (Å²) in [7, 11) is 0. The van der Waals surface area contributed by atoms with E-state index < -0.39 is 0 Å². The van der Waals surface area contributed by atoms with Crippen LogP contribution in [-0.4, -0.2) is 15.7 Å². The number of rotatable bonds is 2. The van der Waals surface area contributed by atoms with Crippen molar-refractivity contribution in [2.24, 2.45) is 0 Å². The first-order valence-electron chi connectivity index (χ1n) is 3.26. The standard InChI is InChI=1S/C6H7Cl2N3S/c1-2-12-6-10-4(7)3(9)5(8)11-6/h2,9H2,1H3. The van der Waals surface area contributed by atoms with E-state index in [4.69, 9.17) is 28.9 Å². The van der Waals surface area contributed by atoms with Crippen molar-refractivity contribution < 1.29 is 0 Å². The van der Waals surface area contributed by atoms with Crippen molar-refractivity contribution in [3.05, 3.63) is 10.3 Å². The molecule has 0 aliphatic carbocycles. The summed E-state index contributed by atoms with van der Waals surface area (Å²) >= 11 is 12.8. The van der Waals surface area contributed by atoms with Crippen molar-refractivity contribution in [2.75, 3.05) is 11.5 Å². The minimum absolute atomic E-state index is 0.214. The Hall–Kier alpha value is -0.190. The van der Waals surface area contributed by atoms with Gasteiger partial charge in [-0.05, 0) is 5.75 Å². The Morgan fingerprint density at radius 2 is 1.83 bits per heavy atom. The predicted octanol–water partition coefficient (Wildman–Crippen LogP) is 2.48. The van der Waals surface area contributed by atoms with Crippen LogP contribution >= 0.6 is 35.0 Å². The largest absolute Gasteiger partial charge is 0.394 e. The van der Waals surface area contributed by atoms with Crippen molar-refractivity contribution in [2.45, 2.75) is 12.1 Å². The molecule has 0 aromatic carbocycles. The smallest absolute Gasteiger partial charge is 0.190 e. The number of hydrogen-bond donors (Lipinski definition) is 1. The third kappa shape index (κ3) is 2.15. The average Bonchev–Trinajstić information content (AvgIpc) is 2.01. The van der Waals surface area contributed by atoms with Crippen LogP contribution in [0.25, 0.3) is 0 Å². The zero-order chi connectivity index (χ0) is 9.14. The highest BCUT2D eigenvalue weighted by Crippen LogP contribution is 2.26. The molecule has 0 fully saturated rings. The summed E-state index contributed by atoms with van der Waals surface area (Å²) in [6.07, 6.45) is 0. The number of nitrogen functional groups attached to an aromatic ring is 1. The fourth-order valence-electron chi connectivity index (χ4n) is 0.592. The van der Waals surface area contributed by atoms with Gasteiger partial charge in [-0.15, -0.1) is 0 Å². The maximum absolute atomic E-state index is 5.68. The Bertz CT molecular complexity index is 269. The van der Waals surface area contributed by atoms with E-state index in [9.17, 15) is 0 Å². The molecule has 0 bridgehead atoms. The van der Waals surface area contributed by atoms with Crippen molar-refractivity contribution in [1.29, 1.82) is 0 Å². The Labute approximate surface area is 84.7 Å². The Balaban J connectivity index is 3.04. The molecule has 0 saturated carbocycles. The molecule has 1 heterocycles. The summed E-state index contributed by atoms with van der Waals surface area (Å²) in [5.74, 6) is 0.872. The fraction of sp³-hybridized carbons (Fsp3) is 0.333. The highest BCUT2D eigenvalue weighted by atomic mass is 35.5. The van der Waals surface area contributed by atoms with Crippen LogP contribution in [0.5, 0.6) is 0 Å². The summed E-state index contributed by atoms with van der Waals surface area (Å²) in [5, 5.41) is 0.985. The van der Waals surface area contributed by atoms with E-state index in [1.807, 2.05) is 6.92 Å². The minimum Gasteiger partial charge on any atom is -0.394 e. The molecular formula is C6H7Cl2N3S. The number of halogens is 2. The second kappa shape index (κ2) is 4.16. The second-order valence-electron chi connectivity index (χ2n) is 1.93. The van der Waals surface area contributed by atoms with Gasteiger partial charge in [-0.1, -0.05) is 41.9 Å². The monoisotopic (exact) mass is 223 g/mol. The summed E-state index contributed by atoms with van der Waals surface area (Å²) in [6, 6.07) is 0. The van der Waals surface area contributed by atoms with E-state index in [-0.39, 0.29) is 16.0 Å². The quantitative estimate of drug-likeness (QED) is 0.476. The molecule has 0 aliphatic heterocycles. The molecule has 2 N–H and O–H groups in total. The molecule has 12 heavy (non-hydrogen) atoms. The molecule has 0 spiro atoms. The molecule has 0 radical (unpaired) electrons. The third-order valence-corrected chi connectivity index (χ3v) is 2.41. The van der Waals surface area contributed by atoms with Gasteiger partial charge in [0.2, 0.25) is 0 Å². The number of hydrogen-bond acceptors (Lipinski definition) is 4. The maximum Gasteiger partial charge on any atom is 0.190 e. The number of aromatic nitrogens is 2. The van der Waals surface area contributed by atoms with Gasteiger partial charge in [0.15, 0.2) is 15.5 Å². The number of nitrogens with zero attached hydrogens (tertiary/aromatic N) is 2. The lowest BCUT2D eigenvalue weighted by Crippen LogP contribution is -1.96. The summed E-state index contributed by atoms with van der Waals surface area (Å²) in [4.78, 5) is 7.86. The van der Waals surface area contributed by atoms with Crippen molar-refractivity contribution in [3.8, 4) is 0 Å². The zero-order valence-electron chi connectivity index (χ0n) is 6.34. The van der Waals surface area contributed by atoms with E-state index >= 15 is 0 Å². The van der Waals surface area contributed by atoms with Gasteiger partial charge < -0.3 is 5.73 Å². The second-order valence-corrected chi connectivity index (χ2v) is 3.88. The van der Waals surface area contributed by atoms with Gasteiger partial charge in [-0.25, -0.2) is 9.97 Å². The molecule has 0 atom stereocenters. The van der Waals surface area contributed by atoms with Crippen LogP contribution < -0.4 is 5.73 Å². The number of anilines is 1. The van der Waals surface area contributed by atoms with Crippen LogP contribution in [0.2, 0.25) is 10.3 Å². The Kier molecular flexibility index (Phi) is 3.43. The molecule has 1 aromatic heterocycles. The number of thioether (sulfide) groups is 1. The Morgan fingerprint density at radius 3 is 2.25 bits per heavy atom. The SMILES string of the molecule is CCSc1nc(Cl)c(N)c(Cl)n1. The molecule has 6 heteroatoms. The summed E-state index contributed by atoms with van der Waals surface area (Å²) < 4.78 is 0. The molecule has 0 unspecified atom stereocenters. The van der Waals surface area contributed by atoms with Gasteiger partial charge in [0.1, 0.15) is 5.69 Å². The summed E-state index contributed by atoms with van der Waals surface area (Å²) in [5.41, 5.74) is 5.68. The van der Waals surface area contributed by atoms with Gasteiger partial charge >= 0.3 is 0 Å². The molecular weight excluding hydrogens is 217 g/mol. The van der Waals surface area contributed by atoms with Crippen LogP contribution in [0, 0.1) is 0 Å². The zero-order valence-corrected chi connectivity index (χ0v) is 8.67. The first-order valence-corrected chi connectivity index (χ1v) is 5.00. The molecule has 66 valence electrons. The van der Waals surface area contributed by atoms with Gasteiger partial charge in [-0.3, -0.25) is 0 Å². The maximum atomic E-state index is 5.68. The first-order chi connectivity index (χ1) is 5.65. The summed E-state index contributed by atoms with van der Waals surface area (Å²) in [6.45, 7) is 1.99. The Morgan fingerprint density at radius 1 is 1.33 bits per heavy atom. The molecule has 3 nitrogen and oxygen atoms in total. The van der Waals surface area contributed by atoms with Crippen LogP contribution in [-0.2, 0) is 0 Å². The molecule has 0 amide bonds. The van der Waals surface area contributed by atoms with Crippen molar-refractivity contribution >= 4 is 40.7 Å². The predicted molar refractivity (Wildman–Crippen MR) is 52.9 cm³/mol. The van der Waals surface area contributed by atoms with Crippen LogP contribution in [0.15, 0.2) is 5.16 Å². The highest BCUT2D eigenvalue weighted by Gasteiger charge is 2.07. The fourth-order valence-corrected chi connectivity index (χ4v) is 1.65. The molecule has 1 rings (SSSR count). The van der Waals surface area contributed by atoms with Crippen molar-refractivity contribution in [3.63, 3.8) is 0 Å². The minimum atomic E-state index is 0.214. The van der Waals surface area contributed by atoms with Gasteiger partial charge in [0.05, 0.1) is 0 Å². The molecule has 0 saturated heterocycles. The van der Waals surface area contributed by atoms with E-state index in [1.165, 1.54) is 11.8 Å². The molecule has 0 aliphatic rings. The van der Waals surface area contributed by atoms with E-state index in [0.29, 0.717) is 5.16 Å². The van der Waals surface area contributed by atoms with Gasteiger partial charge in [0, 0.05) is 0 Å². The van der Waals surface area contributed by atoms with E-state index in [2.05, 4.69) is 9.97 Å². The first kappa shape index (κ1) is 9.89. The normalized spacial score (nSPS) is 10.2. The number of nitrogens with two attached hydrogens (primary N) is 1. The van der Waals surface area contributed by atoms with Crippen LogP contribution in [0.3, 0.4) is 0 Å². The lowest BCUT2D eigenvalue weighted by Gasteiger charge is -2.01. The lowest BCUT2D eigenvalue weighted by molar-refractivity contribution is 0.973. The van der Waals surface area contributed by atoms with Gasteiger partial charge in [-0.2, -0.15) is 0 Å². The third-order valence-electron chi connectivity index (χ3n) is 1.11. The van der Waals surface area contributed by atoms with Crippen LogP contribution in [0.4, 0.5) is 5.69 Å². The molecule has 1 aromatic rings. The average molecular weight is 224 g/mol. The van der Waals surface area contributed by atoms with Crippen LogP contribution in [0.1, 0.15) is 6.92 Å². The van der Waals surface area contributed by atoms with Gasteiger partial charge in [0.25, 0.3) is 0 Å². The van der Waals surface area contributed by atoms with E-state index in [0.717, 1.165) is 5.75 Å². The van der Waals surface area contributed by atoms with Crippen molar-refractivity contribution in [1.82, 2.24) is 9.97 Å². The highest BCUT2D eigenvalue weighted by molar-refractivity contribution is 7.99.